The number of amides is 2. The number of sulfonamides is 1. The van der Waals surface area contributed by atoms with Crippen molar-refractivity contribution in [2.75, 3.05) is 24.3 Å². The number of hydrogen-bond acceptors (Lipinski definition) is 7. The van der Waals surface area contributed by atoms with Crippen LogP contribution in [0.4, 0.5) is 5.69 Å². The summed E-state index contributed by atoms with van der Waals surface area (Å²) in [7, 11) is -2.40. The van der Waals surface area contributed by atoms with Gasteiger partial charge in [-0.1, -0.05) is 0 Å². The molecule has 1 aliphatic heterocycles. The largest absolute Gasteiger partial charge is 0.495 e. The molecule has 1 saturated heterocycles. The number of benzene rings is 1. The fourth-order valence-corrected chi connectivity index (χ4v) is 4.69. The first kappa shape index (κ1) is 20.4. The maximum atomic E-state index is 12.6. The van der Waals surface area contributed by atoms with Crippen LogP contribution in [0.1, 0.15) is 18.6 Å². The summed E-state index contributed by atoms with van der Waals surface area (Å²) >= 11 is 1.54. The lowest BCUT2D eigenvalue weighted by Crippen LogP contribution is -2.30. The molecule has 28 heavy (non-hydrogen) atoms. The van der Waals surface area contributed by atoms with Gasteiger partial charge in [-0.25, -0.2) is 18.0 Å². The molecule has 10 heteroatoms. The molecule has 0 bridgehead atoms. The number of carbonyl (C=O) groups excluding carboxylic acids is 2. The van der Waals surface area contributed by atoms with E-state index in [1.807, 2.05) is 6.07 Å². The van der Waals surface area contributed by atoms with Gasteiger partial charge in [0, 0.05) is 25.1 Å². The molecule has 8 nitrogen and oxygen atoms in total. The summed E-state index contributed by atoms with van der Waals surface area (Å²) in [6.45, 7) is 0.233. The Balaban J connectivity index is 1.68. The lowest BCUT2D eigenvalue weighted by atomic mass is 10.2. The maximum Gasteiger partial charge on any atom is 0.240 e. The van der Waals surface area contributed by atoms with Crippen molar-refractivity contribution in [3.8, 4) is 5.75 Å². The Kier molecular flexibility index (Phi) is 6.42. The number of nitrogens with zero attached hydrogens (tertiary/aromatic N) is 1. The highest BCUT2D eigenvalue weighted by molar-refractivity contribution is 7.98. The van der Waals surface area contributed by atoms with Crippen LogP contribution in [0.5, 0.6) is 5.75 Å². The van der Waals surface area contributed by atoms with E-state index >= 15 is 0 Å². The van der Waals surface area contributed by atoms with Gasteiger partial charge in [0.25, 0.3) is 0 Å². The van der Waals surface area contributed by atoms with Gasteiger partial charge in [-0.3, -0.25) is 9.59 Å². The van der Waals surface area contributed by atoms with Gasteiger partial charge in [-0.2, -0.15) is 11.8 Å². The van der Waals surface area contributed by atoms with Crippen molar-refractivity contribution in [3.63, 3.8) is 0 Å². The number of methoxy groups -OCH3 is 1. The van der Waals surface area contributed by atoms with E-state index in [-0.39, 0.29) is 47.5 Å². The topological polar surface area (TPSA) is 106 Å². The van der Waals surface area contributed by atoms with Crippen LogP contribution in [0, 0.1) is 0 Å². The van der Waals surface area contributed by atoms with E-state index in [4.69, 9.17) is 9.15 Å². The van der Waals surface area contributed by atoms with Gasteiger partial charge in [-0.05, 0) is 30.3 Å². The first-order valence-corrected chi connectivity index (χ1v) is 11.2. The average molecular weight is 425 g/mol. The number of nitrogens with one attached hydrogen (secondary N) is 1. The van der Waals surface area contributed by atoms with E-state index in [0.29, 0.717) is 11.5 Å². The number of anilines is 1. The van der Waals surface area contributed by atoms with Crippen molar-refractivity contribution in [1.82, 2.24) is 4.72 Å². The highest BCUT2D eigenvalue weighted by atomic mass is 32.2. The number of thioether (sulfide) groups is 1. The molecule has 1 N–H and O–H groups in total. The SMILES string of the molecule is COc1ccc(S(=O)(=O)NCCSCc2ccco2)cc1N1C(=O)CCC1=O. The molecule has 0 spiro atoms. The van der Waals surface area contributed by atoms with E-state index < -0.39 is 10.0 Å². The normalized spacial score (nSPS) is 14.7. The minimum atomic E-state index is -3.80. The Hall–Kier alpha value is -2.30. The summed E-state index contributed by atoms with van der Waals surface area (Å²) in [4.78, 5) is 25.0. The van der Waals surface area contributed by atoms with Crippen LogP contribution in [0.15, 0.2) is 45.9 Å². The first-order valence-electron chi connectivity index (χ1n) is 8.56. The van der Waals surface area contributed by atoms with E-state index in [2.05, 4.69) is 4.72 Å². The van der Waals surface area contributed by atoms with Crippen molar-refractivity contribution in [2.45, 2.75) is 23.5 Å². The lowest BCUT2D eigenvalue weighted by molar-refractivity contribution is -0.121. The van der Waals surface area contributed by atoms with Crippen LogP contribution in [0.3, 0.4) is 0 Å². The fourth-order valence-electron chi connectivity index (χ4n) is 2.76. The molecule has 3 rings (SSSR count). The van der Waals surface area contributed by atoms with Gasteiger partial charge in [-0.15, -0.1) is 0 Å². The third kappa shape index (κ3) is 4.57. The Morgan fingerprint density at radius 1 is 1.21 bits per heavy atom. The van der Waals surface area contributed by atoms with E-state index in [1.165, 1.54) is 37.1 Å². The standard InChI is InChI=1S/C18H20N2O6S2/c1-25-16-5-4-14(11-15(16)20-17(21)6-7-18(20)22)28(23,24)19-8-10-27-12-13-3-2-9-26-13/h2-5,9,11,19H,6-8,10,12H2,1H3. The molecule has 0 radical (unpaired) electrons. The monoisotopic (exact) mass is 424 g/mol. The second kappa shape index (κ2) is 8.80. The van der Waals surface area contributed by atoms with Crippen LogP contribution in [-0.4, -0.2) is 39.6 Å². The Labute approximate surface area is 167 Å². The summed E-state index contributed by atoms with van der Waals surface area (Å²) in [6.07, 6.45) is 1.80. The van der Waals surface area contributed by atoms with Crippen LogP contribution in [0.25, 0.3) is 0 Å². The van der Waals surface area contributed by atoms with E-state index in [9.17, 15) is 18.0 Å². The zero-order valence-electron chi connectivity index (χ0n) is 15.2. The summed E-state index contributed by atoms with van der Waals surface area (Å²) in [5, 5.41) is 0. The van der Waals surface area contributed by atoms with E-state index in [1.54, 1.807) is 12.3 Å². The molecule has 0 atom stereocenters. The highest BCUT2D eigenvalue weighted by Gasteiger charge is 2.33. The molecular weight excluding hydrogens is 404 g/mol. The Bertz CT molecular complexity index is 940. The van der Waals surface area contributed by atoms with Gasteiger partial charge in [0.05, 0.1) is 29.7 Å². The van der Waals surface area contributed by atoms with Crippen molar-refractivity contribution in [2.24, 2.45) is 0 Å². The molecule has 1 aliphatic rings. The summed E-state index contributed by atoms with van der Waals surface area (Å²) in [5.74, 6) is 1.55. The van der Waals surface area contributed by atoms with Gasteiger partial charge < -0.3 is 9.15 Å². The summed E-state index contributed by atoms with van der Waals surface area (Å²) in [5.41, 5.74) is 0.144. The maximum absolute atomic E-state index is 12.6. The van der Waals surface area contributed by atoms with Gasteiger partial charge in [0.2, 0.25) is 21.8 Å². The smallest absolute Gasteiger partial charge is 0.240 e. The minimum absolute atomic E-state index is 0.0353. The molecule has 2 aromatic rings. The zero-order valence-corrected chi connectivity index (χ0v) is 16.8. The highest BCUT2D eigenvalue weighted by Crippen LogP contribution is 2.34. The zero-order chi connectivity index (χ0) is 20.1. The van der Waals surface area contributed by atoms with E-state index in [0.717, 1.165) is 10.7 Å². The van der Waals surface area contributed by atoms with Crippen LogP contribution in [-0.2, 0) is 25.4 Å². The van der Waals surface area contributed by atoms with Gasteiger partial charge in [0.15, 0.2) is 0 Å². The number of ether oxygens (including phenoxy) is 1. The first-order chi connectivity index (χ1) is 13.4. The molecular formula is C18H20N2O6S2. The summed E-state index contributed by atoms with van der Waals surface area (Å²) in [6, 6.07) is 7.77. The van der Waals surface area contributed by atoms with Crippen LogP contribution >= 0.6 is 11.8 Å². The van der Waals surface area contributed by atoms with Crippen molar-refractivity contribution >= 4 is 39.3 Å². The third-order valence-electron chi connectivity index (χ3n) is 4.12. The summed E-state index contributed by atoms with van der Waals surface area (Å²) < 4.78 is 38.1. The van der Waals surface area contributed by atoms with Crippen molar-refractivity contribution in [1.29, 1.82) is 0 Å². The third-order valence-corrected chi connectivity index (χ3v) is 6.56. The second-order valence-electron chi connectivity index (χ2n) is 5.99. The van der Waals surface area contributed by atoms with Gasteiger partial charge >= 0.3 is 0 Å². The quantitative estimate of drug-likeness (QED) is 0.486. The molecule has 1 aromatic heterocycles. The average Bonchev–Trinajstić information content (AvgIpc) is 3.30. The van der Waals surface area contributed by atoms with Crippen molar-refractivity contribution in [3.05, 3.63) is 42.4 Å². The molecule has 2 amide bonds. The Morgan fingerprint density at radius 3 is 2.61 bits per heavy atom. The molecule has 1 fully saturated rings. The molecule has 0 saturated carbocycles. The molecule has 2 heterocycles. The second-order valence-corrected chi connectivity index (χ2v) is 8.86. The number of imide groups is 1. The number of carbonyl (C=O) groups is 2. The minimum Gasteiger partial charge on any atom is -0.495 e. The van der Waals surface area contributed by atoms with Gasteiger partial charge in [0.1, 0.15) is 11.5 Å². The number of hydrogen-bond donors (Lipinski definition) is 1. The van der Waals surface area contributed by atoms with Crippen LogP contribution in [0.2, 0.25) is 0 Å². The molecule has 1 aromatic carbocycles. The predicted molar refractivity (Wildman–Crippen MR) is 105 cm³/mol. The Morgan fingerprint density at radius 2 is 1.96 bits per heavy atom. The van der Waals surface area contributed by atoms with Crippen molar-refractivity contribution < 1.29 is 27.2 Å². The fraction of sp³-hybridized carbons (Fsp3) is 0.333. The number of rotatable bonds is 9. The predicted octanol–water partition coefficient (Wildman–Crippen LogP) is 2.15. The molecule has 0 unspecified atom stereocenters. The molecule has 0 aliphatic carbocycles. The van der Waals surface area contributed by atoms with Crippen LogP contribution < -0.4 is 14.4 Å². The lowest BCUT2D eigenvalue weighted by Gasteiger charge is -2.18. The number of furan rings is 1. The molecule has 150 valence electrons.